The molecule has 146 valence electrons. The van der Waals surface area contributed by atoms with Crippen LogP contribution in [0.25, 0.3) is 22.3 Å². The second-order valence-corrected chi connectivity index (χ2v) is 8.93. The van der Waals surface area contributed by atoms with Gasteiger partial charge in [-0.3, -0.25) is 9.40 Å². The van der Waals surface area contributed by atoms with Crippen LogP contribution in [0.4, 0.5) is 5.82 Å². The molecule has 4 rings (SSSR count). The van der Waals surface area contributed by atoms with E-state index in [1.807, 2.05) is 6.07 Å². The highest BCUT2D eigenvalue weighted by molar-refractivity contribution is 7.92. The van der Waals surface area contributed by atoms with Gasteiger partial charge in [0.1, 0.15) is 12.0 Å². The van der Waals surface area contributed by atoms with Gasteiger partial charge in [-0.25, -0.2) is 18.4 Å². The van der Waals surface area contributed by atoms with Gasteiger partial charge in [0.2, 0.25) is 10.0 Å². The largest absolute Gasteiger partial charge is 0.346 e. The minimum absolute atomic E-state index is 0.0927. The number of nitrogens with one attached hydrogen (secondary N) is 2. The van der Waals surface area contributed by atoms with Crippen LogP contribution in [-0.4, -0.2) is 39.4 Å². The fraction of sp³-hybridized carbons (Fsp3) is 0.444. The normalized spacial score (nSPS) is 16.3. The van der Waals surface area contributed by atoms with Crippen molar-refractivity contribution in [3.8, 4) is 17.3 Å². The third kappa shape index (κ3) is 3.57. The van der Waals surface area contributed by atoms with E-state index in [0.717, 1.165) is 37.3 Å². The van der Waals surface area contributed by atoms with E-state index in [4.69, 9.17) is 0 Å². The Bertz CT molecular complexity index is 1140. The molecule has 1 fully saturated rings. The molecule has 3 heterocycles. The molecule has 1 aliphatic carbocycles. The second kappa shape index (κ2) is 7.24. The standard InChI is InChI=1S/C18H21N7O2S/c1-28(26,27)24-18-14(16-13-7-9-20-17(13)22-11-21-16)10-25(23-18)15(6-8-19)12-4-2-3-5-12/h7,9-12,15H,2-6H2,1H3,(H,23,24)(H,20,21,22). The van der Waals surface area contributed by atoms with Crippen molar-refractivity contribution >= 4 is 26.9 Å². The maximum absolute atomic E-state index is 11.9. The van der Waals surface area contributed by atoms with Crippen molar-refractivity contribution in [3.63, 3.8) is 0 Å². The van der Waals surface area contributed by atoms with Crippen LogP contribution >= 0.6 is 0 Å². The molecule has 2 N–H and O–H groups in total. The molecule has 1 unspecified atom stereocenters. The molecule has 0 amide bonds. The average molecular weight is 399 g/mol. The number of rotatable bonds is 6. The van der Waals surface area contributed by atoms with E-state index in [9.17, 15) is 13.7 Å². The van der Waals surface area contributed by atoms with Crippen LogP contribution < -0.4 is 4.72 Å². The van der Waals surface area contributed by atoms with Gasteiger partial charge in [0.05, 0.1) is 36.0 Å². The minimum Gasteiger partial charge on any atom is -0.346 e. The van der Waals surface area contributed by atoms with Gasteiger partial charge in [-0.15, -0.1) is 0 Å². The lowest BCUT2D eigenvalue weighted by Crippen LogP contribution is -2.18. The molecule has 3 aromatic rings. The quantitative estimate of drug-likeness (QED) is 0.655. The number of nitrogens with zero attached hydrogens (tertiary/aromatic N) is 5. The monoisotopic (exact) mass is 399 g/mol. The van der Waals surface area contributed by atoms with Crippen LogP contribution in [0.5, 0.6) is 0 Å². The summed E-state index contributed by atoms with van der Waals surface area (Å²) in [5, 5.41) is 14.6. The van der Waals surface area contributed by atoms with Gasteiger partial charge in [0, 0.05) is 17.8 Å². The van der Waals surface area contributed by atoms with Gasteiger partial charge in [-0.05, 0) is 24.8 Å². The van der Waals surface area contributed by atoms with Gasteiger partial charge in [0.15, 0.2) is 5.82 Å². The van der Waals surface area contributed by atoms with Crippen LogP contribution in [0.15, 0.2) is 24.8 Å². The first-order valence-electron chi connectivity index (χ1n) is 9.18. The summed E-state index contributed by atoms with van der Waals surface area (Å²) in [5.41, 5.74) is 1.82. The Kier molecular flexibility index (Phi) is 4.77. The van der Waals surface area contributed by atoms with E-state index in [1.54, 1.807) is 17.1 Å². The van der Waals surface area contributed by atoms with Crippen molar-refractivity contribution in [2.75, 3.05) is 11.0 Å². The summed E-state index contributed by atoms with van der Waals surface area (Å²) in [4.78, 5) is 11.6. The Morgan fingerprint density at radius 3 is 2.89 bits per heavy atom. The Hall–Kier alpha value is -2.93. The Labute approximate surface area is 162 Å². The topological polar surface area (TPSA) is 129 Å². The molecular formula is C18H21N7O2S. The Balaban J connectivity index is 1.85. The predicted molar refractivity (Wildman–Crippen MR) is 105 cm³/mol. The molecule has 9 nitrogen and oxygen atoms in total. The fourth-order valence-electron chi connectivity index (χ4n) is 3.98. The molecule has 0 aliphatic heterocycles. The molecule has 0 saturated heterocycles. The van der Waals surface area contributed by atoms with E-state index >= 15 is 0 Å². The summed E-state index contributed by atoms with van der Waals surface area (Å²) in [6.45, 7) is 0. The highest BCUT2D eigenvalue weighted by Crippen LogP contribution is 2.38. The number of H-pyrrole nitrogens is 1. The molecular weight excluding hydrogens is 378 g/mol. The highest BCUT2D eigenvalue weighted by Gasteiger charge is 2.29. The van der Waals surface area contributed by atoms with Crippen LogP contribution in [0.3, 0.4) is 0 Å². The number of hydrogen-bond donors (Lipinski definition) is 2. The van der Waals surface area contributed by atoms with Crippen LogP contribution in [0, 0.1) is 17.2 Å². The Morgan fingerprint density at radius 2 is 2.18 bits per heavy atom. The lowest BCUT2D eigenvalue weighted by molar-refractivity contribution is 0.315. The van der Waals surface area contributed by atoms with Gasteiger partial charge >= 0.3 is 0 Å². The van der Waals surface area contributed by atoms with Crippen molar-refractivity contribution < 1.29 is 8.42 Å². The maximum Gasteiger partial charge on any atom is 0.231 e. The van der Waals surface area contributed by atoms with Crippen molar-refractivity contribution in [1.29, 1.82) is 5.26 Å². The number of nitriles is 1. The molecule has 1 aliphatic rings. The Morgan fingerprint density at radius 1 is 1.39 bits per heavy atom. The summed E-state index contributed by atoms with van der Waals surface area (Å²) < 4.78 is 28.1. The van der Waals surface area contributed by atoms with E-state index in [0.29, 0.717) is 29.2 Å². The predicted octanol–water partition coefficient (Wildman–Crippen LogP) is 2.84. The minimum atomic E-state index is -3.53. The van der Waals surface area contributed by atoms with E-state index in [-0.39, 0.29) is 11.9 Å². The first-order chi connectivity index (χ1) is 13.5. The number of sulfonamides is 1. The van der Waals surface area contributed by atoms with Crippen molar-refractivity contribution in [3.05, 3.63) is 24.8 Å². The molecule has 10 heteroatoms. The molecule has 1 atom stereocenters. The number of aromatic amines is 1. The van der Waals surface area contributed by atoms with Crippen molar-refractivity contribution in [1.82, 2.24) is 24.7 Å². The first kappa shape index (κ1) is 18.4. The van der Waals surface area contributed by atoms with Gasteiger partial charge in [-0.2, -0.15) is 10.4 Å². The van der Waals surface area contributed by atoms with Gasteiger partial charge < -0.3 is 4.98 Å². The summed E-state index contributed by atoms with van der Waals surface area (Å²) >= 11 is 0. The summed E-state index contributed by atoms with van der Waals surface area (Å²) in [7, 11) is -3.53. The van der Waals surface area contributed by atoms with Gasteiger partial charge in [-0.1, -0.05) is 12.8 Å². The summed E-state index contributed by atoms with van der Waals surface area (Å²) in [6, 6.07) is 4.01. The van der Waals surface area contributed by atoms with Crippen LogP contribution in [0.1, 0.15) is 38.1 Å². The number of fused-ring (bicyclic) bond motifs is 1. The molecule has 0 spiro atoms. The van der Waals surface area contributed by atoms with Gasteiger partial charge in [0.25, 0.3) is 0 Å². The number of anilines is 1. The average Bonchev–Trinajstić information content (AvgIpc) is 3.38. The van der Waals surface area contributed by atoms with Crippen molar-refractivity contribution in [2.45, 2.75) is 38.1 Å². The zero-order chi connectivity index (χ0) is 19.7. The van der Waals surface area contributed by atoms with E-state index < -0.39 is 10.0 Å². The summed E-state index contributed by atoms with van der Waals surface area (Å²) in [6.07, 6.45) is 10.8. The highest BCUT2D eigenvalue weighted by atomic mass is 32.2. The zero-order valence-corrected chi connectivity index (χ0v) is 16.3. The molecule has 3 aromatic heterocycles. The van der Waals surface area contributed by atoms with Crippen LogP contribution in [0.2, 0.25) is 0 Å². The second-order valence-electron chi connectivity index (χ2n) is 7.18. The molecule has 1 saturated carbocycles. The maximum atomic E-state index is 11.9. The SMILES string of the molecule is CS(=O)(=O)Nc1nn(C(CC#N)C2CCCC2)cc1-c1ncnc2[nH]ccc12. The molecule has 28 heavy (non-hydrogen) atoms. The first-order valence-corrected chi connectivity index (χ1v) is 11.1. The number of aromatic nitrogens is 5. The summed E-state index contributed by atoms with van der Waals surface area (Å²) in [5.74, 6) is 0.570. The number of hydrogen-bond acceptors (Lipinski definition) is 6. The smallest absolute Gasteiger partial charge is 0.231 e. The lowest BCUT2D eigenvalue weighted by Gasteiger charge is -2.21. The third-order valence-corrected chi connectivity index (χ3v) is 5.77. The lowest BCUT2D eigenvalue weighted by atomic mass is 9.96. The van der Waals surface area contributed by atoms with Crippen molar-refractivity contribution in [2.24, 2.45) is 5.92 Å². The molecule has 0 aromatic carbocycles. The zero-order valence-electron chi connectivity index (χ0n) is 15.5. The third-order valence-electron chi connectivity index (χ3n) is 5.21. The van der Waals surface area contributed by atoms with E-state index in [2.05, 4.69) is 30.8 Å². The molecule has 0 radical (unpaired) electrons. The fourth-order valence-corrected chi connectivity index (χ4v) is 4.49. The van der Waals surface area contributed by atoms with E-state index in [1.165, 1.54) is 6.33 Å². The van der Waals surface area contributed by atoms with Crippen LogP contribution in [-0.2, 0) is 10.0 Å². The molecule has 0 bridgehead atoms.